The largest absolute Gasteiger partial charge is 0.391 e. The quantitative estimate of drug-likeness (QED) is 0.501. The van der Waals surface area contributed by atoms with Gasteiger partial charge >= 0.3 is 0 Å². The van der Waals surface area contributed by atoms with Gasteiger partial charge in [-0.05, 0) is 56.0 Å². The molecule has 1 fully saturated rings. The molecular weight excluding hydrogens is 456 g/mol. The van der Waals surface area contributed by atoms with E-state index >= 15 is 0 Å². The van der Waals surface area contributed by atoms with E-state index in [0.29, 0.717) is 24.4 Å². The lowest BCUT2D eigenvalue weighted by atomic mass is 9.99. The predicted octanol–water partition coefficient (Wildman–Crippen LogP) is 2.71. The van der Waals surface area contributed by atoms with Crippen LogP contribution in [0.15, 0.2) is 69.9 Å². The lowest BCUT2D eigenvalue weighted by molar-refractivity contribution is -0.124. The number of carbonyl (C=O) groups is 2. The van der Waals surface area contributed by atoms with E-state index in [1.54, 1.807) is 17.1 Å². The molecule has 2 heterocycles. The topological polar surface area (TPSA) is 118 Å². The number of hydrogen-bond donors (Lipinski definition) is 4. The number of nitrogens with one attached hydrogen (secondary N) is 3. The second-order valence-corrected chi connectivity index (χ2v) is 9.55. The van der Waals surface area contributed by atoms with Crippen LogP contribution in [0, 0.1) is 12.8 Å². The van der Waals surface area contributed by atoms with Gasteiger partial charge in [0.25, 0.3) is 5.91 Å². The van der Waals surface area contributed by atoms with Crippen molar-refractivity contribution in [2.45, 2.75) is 45.4 Å². The maximum atomic E-state index is 13.2. The summed E-state index contributed by atoms with van der Waals surface area (Å²) in [5.74, 6) is -0.0740. The van der Waals surface area contributed by atoms with Crippen molar-refractivity contribution in [3.05, 3.63) is 76.5 Å². The second kappa shape index (κ2) is 9.58. The highest BCUT2D eigenvalue weighted by Gasteiger charge is 2.38. The molecule has 36 heavy (non-hydrogen) atoms. The van der Waals surface area contributed by atoms with Gasteiger partial charge in [0.05, 0.1) is 30.7 Å². The van der Waals surface area contributed by atoms with Crippen LogP contribution in [0.1, 0.15) is 47.8 Å². The minimum absolute atomic E-state index is 0.0579. The van der Waals surface area contributed by atoms with Crippen LogP contribution in [0.4, 0.5) is 5.69 Å². The summed E-state index contributed by atoms with van der Waals surface area (Å²) in [7, 11) is 0. The Hall–Kier alpha value is -3.98. The van der Waals surface area contributed by atoms with Gasteiger partial charge in [0.1, 0.15) is 12.0 Å². The van der Waals surface area contributed by atoms with Gasteiger partial charge in [0.15, 0.2) is 5.84 Å². The number of hydrogen-bond acceptors (Lipinski definition) is 7. The Bertz CT molecular complexity index is 1290. The third kappa shape index (κ3) is 4.74. The standard InChI is InChI=1S/C27H30N6O3/c1-15-9-10-19(26(35)32-22-12-23(22)34)11-21(15)31-25-24-16(2)20(13-33(24)29-14-28-25)27(36)30-17(3)18-7-5-4-6-8-18/h4-11,14,17,20,22-23,34H,12-13H2,1-3H3,(H,30,36)(H,32,35)(H,28,29,31)/t17-,20+,22?,23-/m0/s1. The Labute approximate surface area is 210 Å². The van der Waals surface area contributed by atoms with Crippen molar-refractivity contribution in [1.82, 2.24) is 15.6 Å². The van der Waals surface area contributed by atoms with E-state index in [2.05, 4.69) is 26.0 Å². The molecule has 2 aromatic carbocycles. The van der Waals surface area contributed by atoms with E-state index in [1.165, 1.54) is 6.34 Å². The van der Waals surface area contributed by atoms with Crippen LogP contribution in [0.3, 0.4) is 0 Å². The molecule has 2 amide bonds. The molecule has 1 unspecified atom stereocenters. The van der Waals surface area contributed by atoms with Crippen molar-refractivity contribution in [1.29, 1.82) is 0 Å². The number of amidine groups is 1. The van der Waals surface area contributed by atoms with Crippen LogP contribution < -0.4 is 16.0 Å². The molecule has 0 bridgehead atoms. The Balaban J connectivity index is 1.33. The van der Waals surface area contributed by atoms with Gasteiger partial charge < -0.3 is 21.1 Å². The number of fused-ring (bicyclic) bond motifs is 1. The van der Waals surface area contributed by atoms with Crippen LogP contribution in [0.25, 0.3) is 0 Å². The molecule has 5 rings (SSSR count). The minimum atomic E-state index is -0.461. The summed E-state index contributed by atoms with van der Waals surface area (Å²) >= 11 is 0. The van der Waals surface area contributed by atoms with Crippen molar-refractivity contribution in [2.24, 2.45) is 16.0 Å². The van der Waals surface area contributed by atoms with E-state index in [-0.39, 0.29) is 29.8 Å². The van der Waals surface area contributed by atoms with E-state index in [1.807, 2.05) is 57.2 Å². The summed E-state index contributed by atoms with van der Waals surface area (Å²) in [4.78, 5) is 30.2. The Morgan fingerprint density at radius 3 is 2.61 bits per heavy atom. The highest BCUT2D eigenvalue weighted by atomic mass is 16.3. The Morgan fingerprint density at radius 1 is 1.14 bits per heavy atom. The molecule has 2 aliphatic heterocycles. The molecule has 9 heteroatoms. The molecule has 0 aromatic heterocycles. The first-order valence-electron chi connectivity index (χ1n) is 12.1. The zero-order valence-electron chi connectivity index (χ0n) is 20.5. The van der Waals surface area contributed by atoms with Gasteiger partial charge in [0.2, 0.25) is 5.91 Å². The normalized spacial score (nSPS) is 23.1. The molecule has 3 aliphatic rings. The summed E-state index contributed by atoms with van der Waals surface area (Å²) in [6.07, 6.45) is 1.59. The van der Waals surface area contributed by atoms with Crippen molar-refractivity contribution < 1.29 is 14.7 Å². The monoisotopic (exact) mass is 486 g/mol. The van der Waals surface area contributed by atoms with Crippen LogP contribution in [-0.4, -0.2) is 52.8 Å². The van der Waals surface area contributed by atoms with Crippen LogP contribution in [0.2, 0.25) is 0 Å². The summed E-state index contributed by atoms with van der Waals surface area (Å²) in [5.41, 5.74) is 4.86. The van der Waals surface area contributed by atoms with Crippen LogP contribution in [0.5, 0.6) is 0 Å². The average Bonchev–Trinajstić information content (AvgIpc) is 3.45. The number of aliphatic imine (C=N–C) groups is 1. The smallest absolute Gasteiger partial charge is 0.251 e. The molecule has 0 radical (unpaired) electrons. The van der Waals surface area contributed by atoms with E-state index in [9.17, 15) is 14.7 Å². The van der Waals surface area contributed by atoms with Crippen molar-refractivity contribution in [2.75, 3.05) is 11.9 Å². The second-order valence-electron chi connectivity index (χ2n) is 9.55. The number of aliphatic hydroxyl groups excluding tert-OH is 1. The van der Waals surface area contributed by atoms with E-state index in [4.69, 9.17) is 0 Å². The summed E-state index contributed by atoms with van der Waals surface area (Å²) in [6.45, 7) is 6.28. The van der Waals surface area contributed by atoms with Crippen LogP contribution in [-0.2, 0) is 4.79 Å². The van der Waals surface area contributed by atoms with E-state index < -0.39 is 6.10 Å². The maximum Gasteiger partial charge on any atom is 0.251 e. The zero-order valence-corrected chi connectivity index (χ0v) is 20.5. The number of rotatable bonds is 6. The molecule has 4 atom stereocenters. The highest BCUT2D eigenvalue weighted by molar-refractivity contribution is 6.13. The van der Waals surface area contributed by atoms with Crippen molar-refractivity contribution >= 4 is 29.7 Å². The molecule has 9 nitrogen and oxygen atoms in total. The van der Waals surface area contributed by atoms with Gasteiger partial charge in [-0.3, -0.25) is 14.6 Å². The Morgan fingerprint density at radius 2 is 1.89 bits per heavy atom. The van der Waals surface area contributed by atoms with Gasteiger partial charge in [-0.25, -0.2) is 4.99 Å². The van der Waals surface area contributed by atoms with Gasteiger partial charge in [-0.15, -0.1) is 0 Å². The fourth-order valence-corrected chi connectivity index (χ4v) is 4.51. The molecule has 1 saturated carbocycles. The number of carbonyl (C=O) groups excluding carboxylic acids is 2. The number of benzene rings is 2. The fraction of sp³-hybridized carbons (Fsp3) is 0.333. The first kappa shape index (κ1) is 23.7. The minimum Gasteiger partial charge on any atom is -0.391 e. The number of hydrazone groups is 1. The lowest BCUT2D eigenvalue weighted by Crippen LogP contribution is -2.35. The van der Waals surface area contributed by atoms with Gasteiger partial charge in [0, 0.05) is 11.3 Å². The highest BCUT2D eigenvalue weighted by Crippen LogP contribution is 2.32. The molecule has 1 aliphatic carbocycles. The van der Waals surface area contributed by atoms with Crippen LogP contribution >= 0.6 is 0 Å². The first-order chi connectivity index (χ1) is 17.3. The number of anilines is 1. The Kier molecular flexibility index (Phi) is 6.32. The zero-order chi connectivity index (χ0) is 25.4. The number of nitrogens with zero attached hydrogens (tertiary/aromatic N) is 3. The molecule has 0 saturated heterocycles. The molecule has 4 N–H and O–H groups in total. The van der Waals surface area contributed by atoms with Crippen molar-refractivity contribution in [3.8, 4) is 0 Å². The number of amides is 2. The molecular formula is C27H30N6O3. The van der Waals surface area contributed by atoms with Gasteiger partial charge in [-0.2, -0.15) is 5.10 Å². The SMILES string of the molecule is CC1=C2C(Nc3cc(C(=O)NC4C[C@@H]4O)ccc3C)=NC=NN2C[C@H]1C(=O)N[C@@H](C)c1ccccc1. The van der Waals surface area contributed by atoms with E-state index in [0.717, 1.165) is 28.1 Å². The summed E-state index contributed by atoms with van der Waals surface area (Å²) < 4.78 is 0. The number of aliphatic hydroxyl groups is 1. The summed E-state index contributed by atoms with van der Waals surface area (Å²) in [6, 6.07) is 15.0. The molecule has 0 spiro atoms. The average molecular weight is 487 g/mol. The maximum absolute atomic E-state index is 13.2. The predicted molar refractivity (Wildman–Crippen MR) is 139 cm³/mol. The lowest BCUT2D eigenvalue weighted by Gasteiger charge is -2.22. The molecule has 2 aromatic rings. The summed E-state index contributed by atoms with van der Waals surface area (Å²) in [5, 5.41) is 25.0. The molecule has 186 valence electrons. The van der Waals surface area contributed by atoms with Crippen molar-refractivity contribution in [3.63, 3.8) is 0 Å². The third-order valence-electron chi connectivity index (χ3n) is 6.91. The number of aryl methyl sites for hydroxylation is 1. The first-order valence-corrected chi connectivity index (χ1v) is 12.1. The van der Waals surface area contributed by atoms with Gasteiger partial charge in [-0.1, -0.05) is 36.4 Å². The fourth-order valence-electron chi connectivity index (χ4n) is 4.51. The third-order valence-corrected chi connectivity index (χ3v) is 6.91.